The first-order valence-electron chi connectivity index (χ1n) is 5.55. The summed E-state index contributed by atoms with van der Waals surface area (Å²) in [4.78, 5) is 0. The van der Waals surface area contributed by atoms with Crippen LogP contribution in [0.5, 0.6) is 0 Å². The van der Waals surface area contributed by atoms with Crippen molar-refractivity contribution in [1.29, 1.82) is 0 Å². The molecule has 0 radical (unpaired) electrons. The number of para-hydroxylation sites is 1. The van der Waals surface area contributed by atoms with Crippen molar-refractivity contribution in [3.05, 3.63) is 30.0 Å². The second kappa shape index (κ2) is 6.33. The van der Waals surface area contributed by atoms with Crippen molar-refractivity contribution in [2.45, 2.75) is 18.7 Å². The van der Waals surface area contributed by atoms with Gasteiger partial charge in [-0.15, -0.1) is 12.4 Å². The van der Waals surface area contributed by atoms with Crippen LogP contribution in [-0.2, 0) is 15.8 Å². The van der Waals surface area contributed by atoms with Crippen LogP contribution in [0.15, 0.2) is 28.8 Å². The van der Waals surface area contributed by atoms with Gasteiger partial charge in [0, 0.05) is 18.0 Å². The second-order valence-corrected chi connectivity index (χ2v) is 5.89. The molecule has 1 heterocycles. The third-order valence-corrected chi connectivity index (χ3v) is 3.93. The molecule has 8 heteroatoms. The van der Waals surface area contributed by atoms with Gasteiger partial charge in [-0.1, -0.05) is 17.3 Å². The molecule has 1 aromatic heterocycles. The summed E-state index contributed by atoms with van der Waals surface area (Å²) in [6, 6.07) is 6.84. The molecule has 0 amide bonds. The van der Waals surface area contributed by atoms with Crippen molar-refractivity contribution in [3.8, 4) is 0 Å². The van der Waals surface area contributed by atoms with Crippen LogP contribution in [0.2, 0.25) is 0 Å². The van der Waals surface area contributed by atoms with Gasteiger partial charge in [0.25, 0.3) is 0 Å². The molecule has 0 bridgehead atoms. The zero-order valence-electron chi connectivity index (χ0n) is 10.4. The predicted octanol–water partition coefficient (Wildman–Crippen LogP) is 1.02. The third-order valence-electron chi connectivity index (χ3n) is 2.51. The Morgan fingerprint density at radius 3 is 2.79 bits per heavy atom. The van der Waals surface area contributed by atoms with Crippen LogP contribution in [0, 0.1) is 0 Å². The molecule has 3 N–H and O–H groups in total. The first-order chi connectivity index (χ1) is 8.52. The molecule has 0 unspecified atom stereocenters. The summed E-state index contributed by atoms with van der Waals surface area (Å²) >= 11 is 0. The fourth-order valence-corrected chi connectivity index (χ4v) is 2.98. The molecule has 6 nitrogen and oxygen atoms in total. The van der Waals surface area contributed by atoms with Gasteiger partial charge in [-0.05, 0) is 19.1 Å². The van der Waals surface area contributed by atoms with Gasteiger partial charge < -0.3 is 10.3 Å². The third kappa shape index (κ3) is 3.90. The molecule has 0 spiro atoms. The normalized spacial score (nSPS) is 13.2. The van der Waals surface area contributed by atoms with Crippen molar-refractivity contribution in [2.75, 3.05) is 6.54 Å². The Bertz CT molecular complexity index is 641. The molecule has 0 saturated heterocycles. The van der Waals surface area contributed by atoms with E-state index in [-0.39, 0.29) is 30.7 Å². The number of aromatic nitrogens is 1. The molecule has 0 saturated carbocycles. The molecule has 2 rings (SSSR count). The number of benzene rings is 1. The number of fused-ring (bicyclic) bond motifs is 1. The number of hydrogen-bond acceptors (Lipinski definition) is 5. The Labute approximate surface area is 117 Å². The van der Waals surface area contributed by atoms with Crippen molar-refractivity contribution in [1.82, 2.24) is 9.88 Å². The molecule has 0 aliphatic carbocycles. The number of nitrogens with one attached hydrogen (secondary N) is 1. The van der Waals surface area contributed by atoms with E-state index in [0.29, 0.717) is 16.7 Å². The van der Waals surface area contributed by atoms with Gasteiger partial charge in [0.15, 0.2) is 5.58 Å². The molecule has 0 aliphatic rings. The van der Waals surface area contributed by atoms with Gasteiger partial charge in [-0.2, -0.15) is 0 Å². The number of hydrogen-bond donors (Lipinski definition) is 2. The van der Waals surface area contributed by atoms with Crippen LogP contribution < -0.4 is 10.5 Å². The van der Waals surface area contributed by atoms with Gasteiger partial charge in [0.05, 0.1) is 0 Å². The summed E-state index contributed by atoms with van der Waals surface area (Å²) in [6.45, 7) is 1.96. The zero-order valence-corrected chi connectivity index (χ0v) is 12.0. The minimum atomic E-state index is -3.46. The molecule has 19 heavy (non-hydrogen) atoms. The summed E-state index contributed by atoms with van der Waals surface area (Å²) in [5.74, 6) is -0.214. The van der Waals surface area contributed by atoms with Crippen molar-refractivity contribution in [2.24, 2.45) is 5.73 Å². The molecule has 0 aliphatic heterocycles. The van der Waals surface area contributed by atoms with E-state index in [1.54, 1.807) is 25.1 Å². The van der Waals surface area contributed by atoms with Crippen molar-refractivity contribution in [3.63, 3.8) is 0 Å². The zero-order chi connectivity index (χ0) is 13.2. The lowest BCUT2D eigenvalue weighted by Crippen LogP contribution is -2.38. The first kappa shape index (κ1) is 15.9. The average Bonchev–Trinajstić information content (AvgIpc) is 2.71. The summed E-state index contributed by atoms with van der Waals surface area (Å²) in [5.41, 5.74) is 6.37. The lowest BCUT2D eigenvalue weighted by Gasteiger charge is -2.10. The fraction of sp³-hybridized carbons (Fsp3) is 0.364. The second-order valence-electron chi connectivity index (χ2n) is 4.14. The Morgan fingerprint density at radius 1 is 1.42 bits per heavy atom. The van der Waals surface area contributed by atoms with Crippen LogP contribution in [0.1, 0.15) is 12.6 Å². The Balaban J connectivity index is 0.00000180. The van der Waals surface area contributed by atoms with E-state index in [4.69, 9.17) is 10.3 Å². The topological polar surface area (TPSA) is 98.2 Å². The molecule has 2 aromatic rings. The highest BCUT2D eigenvalue weighted by Gasteiger charge is 2.18. The van der Waals surface area contributed by atoms with Gasteiger partial charge in [-0.3, -0.25) is 0 Å². The average molecular weight is 306 g/mol. The van der Waals surface area contributed by atoms with E-state index < -0.39 is 10.0 Å². The minimum absolute atomic E-state index is 0. The van der Waals surface area contributed by atoms with E-state index in [2.05, 4.69) is 9.88 Å². The molecule has 1 atom stereocenters. The van der Waals surface area contributed by atoms with Gasteiger partial charge in [0.2, 0.25) is 10.0 Å². The van der Waals surface area contributed by atoms with Crippen LogP contribution in [0.4, 0.5) is 0 Å². The van der Waals surface area contributed by atoms with Crippen LogP contribution in [0.25, 0.3) is 11.0 Å². The summed E-state index contributed by atoms with van der Waals surface area (Å²) < 4.78 is 31.3. The Kier molecular flexibility index (Phi) is 5.30. The standard InChI is InChI=1S/C11H15N3O3S.ClH/c1-8(6-12)14-18(15,16)7-10-9-4-2-3-5-11(9)17-13-10;/h2-5,8,14H,6-7,12H2,1H3;1H/t8-;/m1./s1. The Hall–Kier alpha value is -1.15. The van der Waals surface area contributed by atoms with E-state index in [0.717, 1.165) is 0 Å². The Morgan fingerprint density at radius 2 is 2.11 bits per heavy atom. The highest BCUT2D eigenvalue weighted by Crippen LogP contribution is 2.19. The van der Waals surface area contributed by atoms with Crippen LogP contribution >= 0.6 is 12.4 Å². The number of nitrogens with zero attached hydrogens (tertiary/aromatic N) is 1. The predicted molar refractivity (Wildman–Crippen MR) is 75.5 cm³/mol. The van der Waals surface area contributed by atoms with Crippen molar-refractivity contribution < 1.29 is 12.9 Å². The fourth-order valence-electron chi connectivity index (χ4n) is 1.62. The number of halogens is 1. The molecular weight excluding hydrogens is 290 g/mol. The number of rotatable bonds is 5. The number of sulfonamides is 1. The molecule has 1 aromatic carbocycles. The van der Waals surface area contributed by atoms with Crippen LogP contribution in [0.3, 0.4) is 0 Å². The van der Waals surface area contributed by atoms with Gasteiger partial charge in [0.1, 0.15) is 11.4 Å². The van der Waals surface area contributed by atoms with E-state index in [1.807, 2.05) is 6.07 Å². The first-order valence-corrected chi connectivity index (χ1v) is 7.20. The SMILES string of the molecule is C[C@H](CN)NS(=O)(=O)Cc1noc2ccccc12.Cl. The smallest absolute Gasteiger partial charge is 0.217 e. The molecule has 0 fully saturated rings. The lowest BCUT2D eigenvalue weighted by molar-refractivity contribution is 0.448. The van der Waals surface area contributed by atoms with Crippen LogP contribution in [-0.4, -0.2) is 26.2 Å². The maximum atomic E-state index is 11.9. The minimum Gasteiger partial charge on any atom is -0.356 e. The maximum absolute atomic E-state index is 11.9. The highest BCUT2D eigenvalue weighted by atomic mass is 35.5. The van der Waals surface area contributed by atoms with E-state index >= 15 is 0 Å². The molecule has 106 valence electrons. The monoisotopic (exact) mass is 305 g/mol. The largest absolute Gasteiger partial charge is 0.356 e. The lowest BCUT2D eigenvalue weighted by atomic mass is 10.2. The maximum Gasteiger partial charge on any atom is 0.217 e. The highest BCUT2D eigenvalue weighted by molar-refractivity contribution is 7.88. The molecular formula is C11H16ClN3O3S. The summed E-state index contributed by atoms with van der Waals surface area (Å²) in [6.07, 6.45) is 0. The summed E-state index contributed by atoms with van der Waals surface area (Å²) in [7, 11) is -3.46. The van der Waals surface area contributed by atoms with Crippen molar-refractivity contribution >= 4 is 33.4 Å². The van der Waals surface area contributed by atoms with E-state index in [1.165, 1.54) is 0 Å². The van der Waals surface area contributed by atoms with Gasteiger partial charge >= 0.3 is 0 Å². The van der Waals surface area contributed by atoms with E-state index in [9.17, 15) is 8.42 Å². The summed E-state index contributed by atoms with van der Waals surface area (Å²) in [5, 5.41) is 4.50. The van der Waals surface area contributed by atoms with Gasteiger partial charge in [-0.25, -0.2) is 13.1 Å². The number of nitrogens with two attached hydrogens (primary N) is 1. The quantitative estimate of drug-likeness (QED) is 0.859.